The van der Waals surface area contributed by atoms with Crippen molar-refractivity contribution in [2.45, 2.75) is 20.3 Å². The highest BCUT2D eigenvalue weighted by Gasteiger charge is 2.09. The average molecular weight is 184 g/mol. The van der Waals surface area contributed by atoms with Gasteiger partial charge in [0.1, 0.15) is 0 Å². The minimum atomic E-state index is 0.707. The lowest BCUT2D eigenvalue weighted by Gasteiger charge is -2.21. The predicted molar refractivity (Wildman–Crippen MR) is 56.3 cm³/mol. The van der Waals surface area contributed by atoms with Gasteiger partial charge in [0.05, 0.1) is 6.54 Å². The standard InChI is InChI=1S/C9H16N2S/c1-8(2)6-9-7-11(12-3)5-4-10-9/h4-5,8H,6-7H2,1-3H3. The van der Waals surface area contributed by atoms with Gasteiger partial charge in [-0.25, -0.2) is 0 Å². The van der Waals surface area contributed by atoms with Crippen LogP contribution in [-0.2, 0) is 0 Å². The topological polar surface area (TPSA) is 15.6 Å². The summed E-state index contributed by atoms with van der Waals surface area (Å²) in [6.45, 7) is 5.43. The molecule has 0 fully saturated rings. The van der Waals surface area contributed by atoms with Crippen LogP contribution in [0.1, 0.15) is 20.3 Å². The van der Waals surface area contributed by atoms with Gasteiger partial charge in [-0.3, -0.25) is 4.99 Å². The van der Waals surface area contributed by atoms with Gasteiger partial charge in [0.15, 0.2) is 0 Å². The van der Waals surface area contributed by atoms with E-state index >= 15 is 0 Å². The second-order valence-electron chi connectivity index (χ2n) is 3.35. The van der Waals surface area contributed by atoms with E-state index in [1.54, 1.807) is 11.9 Å². The van der Waals surface area contributed by atoms with E-state index in [0.717, 1.165) is 13.0 Å². The van der Waals surface area contributed by atoms with Gasteiger partial charge in [-0.1, -0.05) is 25.8 Å². The summed E-state index contributed by atoms with van der Waals surface area (Å²) in [7, 11) is 0. The maximum absolute atomic E-state index is 4.35. The zero-order valence-corrected chi connectivity index (χ0v) is 8.77. The first-order valence-corrected chi connectivity index (χ1v) is 5.43. The van der Waals surface area contributed by atoms with Crippen molar-refractivity contribution < 1.29 is 0 Å². The molecule has 0 aromatic carbocycles. The molecule has 0 atom stereocenters. The smallest absolute Gasteiger partial charge is 0.0673 e. The van der Waals surface area contributed by atoms with Crippen molar-refractivity contribution in [1.29, 1.82) is 0 Å². The Balaban J connectivity index is 2.45. The first-order chi connectivity index (χ1) is 5.72. The Morgan fingerprint density at radius 3 is 3.00 bits per heavy atom. The quantitative estimate of drug-likeness (QED) is 0.626. The van der Waals surface area contributed by atoms with Crippen molar-refractivity contribution in [3.8, 4) is 0 Å². The monoisotopic (exact) mass is 184 g/mol. The molecule has 0 saturated carbocycles. The summed E-state index contributed by atoms with van der Waals surface area (Å²) in [5.41, 5.74) is 1.29. The molecular formula is C9H16N2S. The van der Waals surface area contributed by atoms with Crippen LogP contribution < -0.4 is 0 Å². The van der Waals surface area contributed by atoms with Gasteiger partial charge < -0.3 is 4.31 Å². The van der Waals surface area contributed by atoms with E-state index in [-0.39, 0.29) is 0 Å². The molecule has 0 spiro atoms. The highest BCUT2D eigenvalue weighted by Crippen LogP contribution is 2.13. The number of hydrogen-bond acceptors (Lipinski definition) is 3. The van der Waals surface area contributed by atoms with E-state index in [9.17, 15) is 0 Å². The molecule has 1 heterocycles. The van der Waals surface area contributed by atoms with Crippen molar-refractivity contribution in [3.63, 3.8) is 0 Å². The van der Waals surface area contributed by atoms with E-state index < -0.39 is 0 Å². The third-order valence-corrected chi connectivity index (χ3v) is 2.43. The molecule has 0 bridgehead atoms. The van der Waals surface area contributed by atoms with Crippen molar-refractivity contribution in [1.82, 2.24) is 4.31 Å². The van der Waals surface area contributed by atoms with Gasteiger partial charge in [-0.2, -0.15) is 0 Å². The van der Waals surface area contributed by atoms with Gasteiger partial charge in [-0.15, -0.1) is 0 Å². The minimum absolute atomic E-state index is 0.707. The lowest BCUT2D eigenvalue weighted by atomic mass is 10.1. The molecule has 1 rings (SSSR count). The maximum atomic E-state index is 4.35. The fraction of sp³-hybridized carbons (Fsp3) is 0.667. The Morgan fingerprint density at radius 1 is 1.67 bits per heavy atom. The lowest BCUT2D eigenvalue weighted by Crippen LogP contribution is -2.22. The van der Waals surface area contributed by atoms with Crippen LogP contribution >= 0.6 is 11.9 Å². The maximum Gasteiger partial charge on any atom is 0.0673 e. The summed E-state index contributed by atoms with van der Waals surface area (Å²) in [6, 6.07) is 0. The van der Waals surface area contributed by atoms with Gasteiger partial charge in [0.2, 0.25) is 0 Å². The predicted octanol–water partition coefficient (Wildman–Crippen LogP) is 2.54. The molecular weight excluding hydrogens is 168 g/mol. The lowest BCUT2D eigenvalue weighted by molar-refractivity contribution is 0.642. The second-order valence-corrected chi connectivity index (χ2v) is 4.18. The SMILES string of the molecule is CSN1C=CN=C(CC(C)C)C1. The molecule has 2 nitrogen and oxygen atoms in total. The summed E-state index contributed by atoms with van der Waals surface area (Å²) >= 11 is 1.74. The Kier molecular flexibility index (Phi) is 3.66. The zero-order valence-electron chi connectivity index (χ0n) is 7.95. The average Bonchev–Trinajstić information content (AvgIpc) is 2.03. The first kappa shape index (κ1) is 9.65. The molecule has 0 N–H and O–H groups in total. The fourth-order valence-corrected chi connectivity index (χ4v) is 1.65. The van der Waals surface area contributed by atoms with Crippen LogP contribution in [-0.4, -0.2) is 22.8 Å². The molecule has 1 aliphatic rings. The van der Waals surface area contributed by atoms with Crippen molar-refractivity contribution in [2.24, 2.45) is 10.9 Å². The van der Waals surface area contributed by atoms with E-state index in [4.69, 9.17) is 0 Å². The van der Waals surface area contributed by atoms with Crippen LogP contribution in [0.5, 0.6) is 0 Å². The van der Waals surface area contributed by atoms with Crippen molar-refractivity contribution >= 4 is 17.7 Å². The van der Waals surface area contributed by atoms with Gasteiger partial charge in [0, 0.05) is 24.4 Å². The summed E-state index contributed by atoms with van der Waals surface area (Å²) in [6.07, 6.45) is 7.11. The fourth-order valence-electron chi connectivity index (χ4n) is 1.20. The normalized spacial score (nSPS) is 17.0. The first-order valence-electron chi connectivity index (χ1n) is 4.25. The van der Waals surface area contributed by atoms with Gasteiger partial charge in [0.25, 0.3) is 0 Å². The zero-order chi connectivity index (χ0) is 8.97. The molecule has 0 aliphatic carbocycles. The number of nitrogens with zero attached hydrogens (tertiary/aromatic N) is 2. The van der Waals surface area contributed by atoms with Crippen LogP contribution in [0.3, 0.4) is 0 Å². The molecule has 3 heteroatoms. The third-order valence-electron chi connectivity index (χ3n) is 1.71. The van der Waals surface area contributed by atoms with Crippen LogP contribution in [0.4, 0.5) is 0 Å². The summed E-state index contributed by atoms with van der Waals surface area (Å²) in [5, 5.41) is 0. The Bertz CT molecular complexity index is 197. The Hall–Kier alpha value is -0.440. The van der Waals surface area contributed by atoms with Gasteiger partial charge in [-0.05, 0) is 12.3 Å². The summed E-state index contributed by atoms with van der Waals surface area (Å²) < 4.78 is 2.20. The highest BCUT2D eigenvalue weighted by atomic mass is 32.2. The van der Waals surface area contributed by atoms with Crippen LogP contribution in [0, 0.1) is 5.92 Å². The Morgan fingerprint density at radius 2 is 2.42 bits per heavy atom. The largest absolute Gasteiger partial charge is 0.316 e. The molecule has 0 radical (unpaired) electrons. The van der Waals surface area contributed by atoms with Gasteiger partial charge >= 0.3 is 0 Å². The second kappa shape index (κ2) is 4.55. The van der Waals surface area contributed by atoms with Crippen LogP contribution in [0.2, 0.25) is 0 Å². The van der Waals surface area contributed by atoms with Crippen molar-refractivity contribution in [2.75, 3.05) is 12.8 Å². The van der Waals surface area contributed by atoms with E-state index in [1.165, 1.54) is 5.71 Å². The number of hydrogen-bond donors (Lipinski definition) is 0. The van der Waals surface area contributed by atoms with E-state index in [0.29, 0.717) is 5.92 Å². The van der Waals surface area contributed by atoms with Crippen LogP contribution in [0.15, 0.2) is 17.4 Å². The Labute approximate surface area is 78.9 Å². The van der Waals surface area contributed by atoms with Crippen molar-refractivity contribution in [3.05, 3.63) is 12.4 Å². The van der Waals surface area contributed by atoms with E-state index in [2.05, 4.69) is 29.4 Å². The number of rotatable bonds is 3. The molecule has 1 aliphatic heterocycles. The summed E-state index contributed by atoms with van der Waals surface area (Å²) in [4.78, 5) is 4.35. The van der Waals surface area contributed by atoms with E-state index in [1.807, 2.05) is 12.4 Å². The minimum Gasteiger partial charge on any atom is -0.316 e. The molecule has 0 unspecified atom stereocenters. The third kappa shape index (κ3) is 2.89. The highest BCUT2D eigenvalue weighted by molar-refractivity contribution is 7.96. The molecule has 0 amide bonds. The molecule has 68 valence electrons. The molecule has 0 aromatic rings. The van der Waals surface area contributed by atoms with Crippen LogP contribution in [0.25, 0.3) is 0 Å². The molecule has 12 heavy (non-hydrogen) atoms. The summed E-state index contributed by atoms with van der Waals surface area (Å²) in [5.74, 6) is 0.707. The molecule has 0 aromatic heterocycles. The molecule has 0 saturated heterocycles. The number of aliphatic imine (C=N–C) groups is 1.